The lowest BCUT2D eigenvalue weighted by Gasteiger charge is -2.02. The Morgan fingerprint density at radius 1 is 1.18 bits per heavy atom. The van der Waals surface area contributed by atoms with Crippen molar-refractivity contribution >= 4 is 0 Å². The highest BCUT2D eigenvalue weighted by Crippen LogP contribution is 2.24. The van der Waals surface area contributed by atoms with Gasteiger partial charge >= 0.3 is 0 Å². The molecule has 2 N–H and O–H groups in total. The molecule has 0 aliphatic carbocycles. The number of hydrogen-bond donors (Lipinski definition) is 1. The summed E-state index contributed by atoms with van der Waals surface area (Å²) in [5.41, 5.74) is 9.07. The topological polar surface area (TPSA) is 52.0 Å². The molecular formula is C14H18N2O. The molecule has 0 unspecified atom stereocenters. The molecule has 17 heavy (non-hydrogen) atoms. The highest BCUT2D eigenvalue weighted by atomic mass is 16.5. The SMILES string of the molecule is CCCc1ccc(-c2oncc2CCN)cc1. The van der Waals surface area contributed by atoms with Gasteiger partial charge in [0, 0.05) is 11.1 Å². The van der Waals surface area contributed by atoms with Crippen molar-refractivity contribution in [1.82, 2.24) is 5.16 Å². The molecule has 3 heteroatoms. The molecule has 0 saturated carbocycles. The van der Waals surface area contributed by atoms with E-state index >= 15 is 0 Å². The maximum absolute atomic E-state index is 5.56. The highest BCUT2D eigenvalue weighted by molar-refractivity contribution is 5.61. The van der Waals surface area contributed by atoms with E-state index in [0.717, 1.165) is 29.7 Å². The van der Waals surface area contributed by atoms with Gasteiger partial charge in [0.1, 0.15) is 0 Å². The summed E-state index contributed by atoms with van der Waals surface area (Å²) in [6, 6.07) is 8.47. The van der Waals surface area contributed by atoms with E-state index in [2.05, 4.69) is 36.3 Å². The number of rotatable bonds is 5. The average molecular weight is 230 g/mol. The average Bonchev–Trinajstić information content (AvgIpc) is 2.79. The Kier molecular flexibility index (Phi) is 3.94. The van der Waals surface area contributed by atoms with Crippen LogP contribution in [-0.4, -0.2) is 11.7 Å². The first-order valence-electron chi connectivity index (χ1n) is 6.08. The zero-order valence-electron chi connectivity index (χ0n) is 10.1. The molecule has 1 aromatic carbocycles. The zero-order valence-corrected chi connectivity index (χ0v) is 10.1. The molecule has 0 amide bonds. The second-order valence-corrected chi connectivity index (χ2v) is 4.17. The van der Waals surface area contributed by atoms with Gasteiger partial charge < -0.3 is 10.3 Å². The van der Waals surface area contributed by atoms with Gasteiger partial charge in [0.2, 0.25) is 0 Å². The minimum atomic E-state index is 0.613. The van der Waals surface area contributed by atoms with Crippen LogP contribution in [0.3, 0.4) is 0 Å². The third-order valence-corrected chi connectivity index (χ3v) is 2.81. The molecule has 1 heterocycles. The van der Waals surface area contributed by atoms with Crippen LogP contribution in [0.15, 0.2) is 35.0 Å². The number of nitrogens with zero attached hydrogens (tertiary/aromatic N) is 1. The van der Waals surface area contributed by atoms with Gasteiger partial charge in [-0.2, -0.15) is 0 Å². The van der Waals surface area contributed by atoms with Gasteiger partial charge in [0.15, 0.2) is 5.76 Å². The van der Waals surface area contributed by atoms with E-state index in [-0.39, 0.29) is 0 Å². The summed E-state index contributed by atoms with van der Waals surface area (Å²) in [4.78, 5) is 0. The Bertz CT molecular complexity index is 459. The van der Waals surface area contributed by atoms with Crippen LogP contribution in [0.1, 0.15) is 24.5 Å². The normalized spacial score (nSPS) is 10.7. The second kappa shape index (κ2) is 5.64. The van der Waals surface area contributed by atoms with Crippen molar-refractivity contribution in [3.05, 3.63) is 41.6 Å². The third-order valence-electron chi connectivity index (χ3n) is 2.81. The molecule has 1 aromatic heterocycles. The van der Waals surface area contributed by atoms with Crippen LogP contribution in [0.5, 0.6) is 0 Å². The van der Waals surface area contributed by atoms with Crippen molar-refractivity contribution in [3.63, 3.8) is 0 Å². The van der Waals surface area contributed by atoms with Gasteiger partial charge in [-0.15, -0.1) is 0 Å². The number of benzene rings is 1. The summed E-state index contributed by atoms with van der Waals surface area (Å²) in [5, 5.41) is 3.85. The number of aryl methyl sites for hydroxylation is 1. The molecule has 2 rings (SSSR count). The van der Waals surface area contributed by atoms with Crippen molar-refractivity contribution in [2.45, 2.75) is 26.2 Å². The highest BCUT2D eigenvalue weighted by Gasteiger charge is 2.09. The fourth-order valence-corrected chi connectivity index (χ4v) is 1.94. The standard InChI is InChI=1S/C14H18N2O/c1-2-3-11-4-6-12(7-5-11)14-13(8-9-15)10-16-17-14/h4-7,10H,2-3,8-9,15H2,1H3. The minimum Gasteiger partial charge on any atom is -0.356 e. The monoisotopic (exact) mass is 230 g/mol. The van der Waals surface area contributed by atoms with E-state index in [1.54, 1.807) is 6.20 Å². The predicted octanol–water partition coefficient (Wildman–Crippen LogP) is 2.80. The fraction of sp³-hybridized carbons (Fsp3) is 0.357. The molecule has 0 saturated heterocycles. The first kappa shape index (κ1) is 11.9. The lowest BCUT2D eigenvalue weighted by Crippen LogP contribution is -2.02. The molecule has 3 nitrogen and oxygen atoms in total. The molecule has 2 aromatic rings. The van der Waals surface area contributed by atoms with Gasteiger partial charge in [-0.25, -0.2) is 0 Å². The number of nitrogens with two attached hydrogens (primary N) is 1. The largest absolute Gasteiger partial charge is 0.356 e. The Morgan fingerprint density at radius 2 is 1.94 bits per heavy atom. The van der Waals surface area contributed by atoms with Crippen LogP contribution >= 0.6 is 0 Å². The van der Waals surface area contributed by atoms with Crippen LogP contribution in [0.2, 0.25) is 0 Å². The number of hydrogen-bond acceptors (Lipinski definition) is 3. The lowest BCUT2D eigenvalue weighted by molar-refractivity contribution is 0.431. The number of aromatic nitrogens is 1. The minimum absolute atomic E-state index is 0.613. The first-order chi connectivity index (χ1) is 8.35. The fourth-order valence-electron chi connectivity index (χ4n) is 1.94. The smallest absolute Gasteiger partial charge is 0.170 e. The molecule has 0 aliphatic rings. The van der Waals surface area contributed by atoms with E-state index in [1.807, 2.05) is 0 Å². The van der Waals surface area contributed by atoms with Crippen LogP contribution < -0.4 is 5.73 Å². The quantitative estimate of drug-likeness (QED) is 0.859. The summed E-state index contributed by atoms with van der Waals surface area (Å²) in [6.07, 6.45) is 4.84. The van der Waals surface area contributed by atoms with Crippen molar-refractivity contribution in [1.29, 1.82) is 0 Å². The van der Waals surface area contributed by atoms with Crippen LogP contribution in [0, 0.1) is 0 Å². The molecule has 90 valence electrons. The molecule has 0 atom stereocenters. The second-order valence-electron chi connectivity index (χ2n) is 4.17. The van der Waals surface area contributed by atoms with Crippen LogP contribution in [0.25, 0.3) is 11.3 Å². The van der Waals surface area contributed by atoms with Crippen molar-refractivity contribution < 1.29 is 4.52 Å². The lowest BCUT2D eigenvalue weighted by atomic mass is 10.0. The first-order valence-corrected chi connectivity index (χ1v) is 6.08. The van der Waals surface area contributed by atoms with E-state index in [9.17, 15) is 0 Å². The van der Waals surface area contributed by atoms with E-state index < -0.39 is 0 Å². The Balaban J connectivity index is 2.23. The maximum Gasteiger partial charge on any atom is 0.170 e. The van der Waals surface area contributed by atoms with Crippen molar-refractivity contribution in [2.24, 2.45) is 5.73 Å². The molecule has 0 aliphatic heterocycles. The van der Waals surface area contributed by atoms with Gasteiger partial charge in [-0.05, 0) is 24.9 Å². The molecule has 0 radical (unpaired) electrons. The summed E-state index contributed by atoms with van der Waals surface area (Å²) in [5.74, 6) is 0.846. The van der Waals surface area contributed by atoms with Crippen LogP contribution in [0.4, 0.5) is 0 Å². The summed E-state index contributed by atoms with van der Waals surface area (Å²) in [6.45, 7) is 2.80. The summed E-state index contributed by atoms with van der Waals surface area (Å²) >= 11 is 0. The summed E-state index contributed by atoms with van der Waals surface area (Å²) < 4.78 is 5.30. The molecule has 0 bridgehead atoms. The Morgan fingerprint density at radius 3 is 2.59 bits per heavy atom. The predicted molar refractivity (Wildman–Crippen MR) is 68.7 cm³/mol. The van der Waals surface area contributed by atoms with E-state index in [1.165, 1.54) is 12.0 Å². The zero-order chi connectivity index (χ0) is 12.1. The Labute approximate surface area is 102 Å². The van der Waals surface area contributed by atoms with Crippen molar-refractivity contribution in [2.75, 3.05) is 6.54 Å². The van der Waals surface area contributed by atoms with Gasteiger partial charge in [0.25, 0.3) is 0 Å². The summed E-state index contributed by atoms with van der Waals surface area (Å²) in [7, 11) is 0. The van der Waals surface area contributed by atoms with Gasteiger partial charge in [0.05, 0.1) is 6.20 Å². The van der Waals surface area contributed by atoms with Crippen molar-refractivity contribution in [3.8, 4) is 11.3 Å². The van der Waals surface area contributed by atoms with E-state index in [0.29, 0.717) is 6.54 Å². The third kappa shape index (κ3) is 2.74. The van der Waals surface area contributed by atoms with Gasteiger partial charge in [-0.1, -0.05) is 42.8 Å². The molecule has 0 fully saturated rings. The van der Waals surface area contributed by atoms with E-state index in [4.69, 9.17) is 10.3 Å². The molecule has 0 spiro atoms. The Hall–Kier alpha value is -1.61. The van der Waals surface area contributed by atoms with Crippen LogP contribution in [-0.2, 0) is 12.8 Å². The maximum atomic E-state index is 5.56. The molecular weight excluding hydrogens is 212 g/mol. The van der Waals surface area contributed by atoms with Gasteiger partial charge in [-0.3, -0.25) is 0 Å².